The summed E-state index contributed by atoms with van der Waals surface area (Å²) in [4.78, 5) is 50.6. The highest BCUT2D eigenvalue weighted by Crippen LogP contribution is 2.16. The zero-order valence-corrected chi connectivity index (χ0v) is 12.1. The fourth-order valence-corrected chi connectivity index (χ4v) is 2.09. The summed E-state index contributed by atoms with van der Waals surface area (Å²) in [5, 5.41) is 0. The molecule has 22 heavy (non-hydrogen) atoms. The number of imide groups is 1. The molecular formula is C14H16N4O4. The number of carbonyl (C=O) groups is 4. The highest BCUT2D eigenvalue weighted by atomic mass is 16.2. The van der Waals surface area contributed by atoms with Gasteiger partial charge in [0.1, 0.15) is 6.54 Å². The maximum Gasteiger partial charge on any atom is 0.332 e. The largest absolute Gasteiger partial charge is 0.368 e. The van der Waals surface area contributed by atoms with Gasteiger partial charge in [0.2, 0.25) is 5.91 Å². The van der Waals surface area contributed by atoms with Crippen molar-refractivity contribution in [1.82, 2.24) is 9.80 Å². The van der Waals surface area contributed by atoms with E-state index in [1.54, 1.807) is 30.3 Å². The normalized spacial score (nSPS) is 15.0. The predicted molar refractivity (Wildman–Crippen MR) is 77.7 cm³/mol. The van der Waals surface area contributed by atoms with E-state index >= 15 is 0 Å². The second-order valence-electron chi connectivity index (χ2n) is 4.85. The molecule has 1 aliphatic rings. The van der Waals surface area contributed by atoms with Crippen LogP contribution in [-0.4, -0.2) is 60.2 Å². The molecule has 0 unspecified atom stereocenters. The van der Waals surface area contributed by atoms with Crippen molar-refractivity contribution >= 4 is 29.4 Å². The minimum Gasteiger partial charge on any atom is -0.368 e. The van der Waals surface area contributed by atoms with Crippen molar-refractivity contribution in [3.8, 4) is 0 Å². The first-order chi connectivity index (χ1) is 10.4. The Labute approximate surface area is 127 Å². The second kappa shape index (κ2) is 6.25. The monoisotopic (exact) mass is 304 g/mol. The lowest BCUT2D eigenvalue weighted by Gasteiger charge is -2.33. The van der Waals surface area contributed by atoms with Crippen LogP contribution in [0, 0.1) is 0 Å². The summed E-state index contributed by atoms with van der Waals surface area (Å²) in [5.41, 5.74) is 5.59. The van der Waals surface area contributed by atoms with Crippen molar-refractivity contribution in [3.63, 3.8) is 0 Å². The van der Waals surface area contributed by atoms with E-state index in [4.69, 9.17) is 5.73 Å². The molecule has 0 radical (unpaired) electrons. The summed E-state index contributed by atoms with van der Waals surface area (Å²) < 4.78 is 0. The number of nitrogens with zero attached hydrogens (tertiary/aromatic N) is 3. The molecule has 0 spiro atoms. The quantitative estimate of drug-likeness (QED) is 0.753. The van der Waals surface area contributed by atoms with Crippen LogP contribution in [0.25, 0.3) is 0 Å². The highest BCUT2D eigenvalue weighted by Gasteiger charge is 2.37. The third-order valence-corrected chi connectivity index (χ3v) is 3.28. The molecule has 1 aliphatic heterocycles. The Bertz CT molecular complexity index is 617. The van der Waals surface area contributed by atoms with Crippen molar-refractivity contribution in [2.75, 3.05) is 31.6 Å². The zero-order valence-electron chi connectivity index (χ0n) is 12.1. The Hall–Kier alpha value is -2.90. The Kier molecular flexibility index (Phi) is 4.40. The molecule has 8 nitrogen and oxygen atoms in total. The third-order valence-electron chi connectivity index (χ3n) is 3.28. The molecule has 0 aliphatic carbocycles. The first-order valence-corrected chi connectivity index (χ1v) is 6.63. The van der Waals surface area contributed by atoms with Crippen molar-refractivity contribution in [2.45, 2.75) is 0 Å². The fourth-order valence-electron chi connectivity index (χ4n) is 2.09. The lowest BCUT2D eigenvalue weighted by atomic mass is 10.2. The van der Waals surface area contributed by atoms with Crippen LogP contribution in [0.5, 0.6) is 0 Å². The highest BCUT2D eigenvalue weighted by molar-refractivity contribution is 6.38. The van der Waals surface area contributed by atoms with Gasteiger partial charge in [0.05, 0.1) is 0 Å². The molecule has 116 valence electrons. The smallest absolute Gasteiger partial charge is 0.332 e. The van der Waals surface area contributed by atoms with Crippen molar-refractivity contribution < 1.29 is 19.2 Å². The van der Waals surface area contributed by atoms with Crippen molar-refractivity contribution in [2.24, 2.45) is 5.73 Å². The Morgan fingerprint density at radius 3 is 2.36 bits per heavy atom. The molecule has 0 bridgehead atoms. The number of nitrogens with two attached hydrogens (primary N) is 1. The van der Waals surface area contributed by atoms with E-state index in [-0.39, 0.29) is 19.6 Å². The molecule has 5 amide bonds. The second-order valence-corrected chi connectivity index (χ2v) is 4.85. The van der Waals surface area contributed by atoms with Gasteiger partial charge in [-0.05, 0) is 12.1 Å². The number of likely N-dealkylation sites (N-methyl/N-ethyl adjacent to an activating group) is 1. The minimum absolute atomic E-state index is 0.0714. The molecule has 0 atom stereocenters. The Morgan fingerprint density at radius 1 is 1.14 bits per heavy atom. The molecule has 1 heterocycles. The number of hydrogen-bond acceptors (Lipinski definition) is 4. The molecule has 1 aromatic carbocycles. The van der Waals surface area contributed by atoms with E-state index in [0.717, 1.165) is 9.80 Å². The summed E-state index contributed by atoms with van der Waals surface area (Å²) in [6, 6.07) is 7.62. The first kappa shape index (κ1) is 15.5. The summed E-state index contributed by atoms with van der Waals surface area (Å²) in [6.07, 6.45) is 0. The van der Waals surface area contributed by atoms with Crippen molar-refractivity contribution in [3.05, 3.63) is 30.3 Å². The standard InChI is InChI=1S/C14H16N4O4/c1-16-7-8-17(13(21)12(16)20)14(22)18(9-11(15)19)10-5-3-2-4-6-10/h2-6H,7-9H2,1H3,(H2,15,19). The number of rotatable bonds is 3. The van der Waals surface area contributed by atoms with Crippen LogP contribution in [0.4, 0.5) is 10.5 Å². The van der Waals surface area contributed by atoms with E-state index in [1.807, 2.05) is 0 Å². The maximum absolute atomic E-state index is 12.5. The topological polar surface area (TPSA) is 104 Å². The van der Waals surface area contributed by atoms with Gasteiger partial charge in [-0.25, -0.2) is 4.79 Å². The maximum atomic E-state index is 12.5. The van der Waals surface area contributed by atoms with Crippen LogP contribution in [0.15, 0.2) is 30.3 Å². The lowest BCUT2D eigenvalue weighted by Crippen LogP contribution is -2.58. The number of amides is 5. The average Bonchev–Trinajstić information content (AvgIpc) is 2.50. The molecule has 0 saturated carbocycles. The van der Waals surface area contributed by atoms with E-state index in [1.165, 1.54) is 11.9 Å². The van der Waals surface area contributed by atoms with Crippen molar-refractivity contribution in [1.29, 1.82) is 0 Å². The number of primary amides is 1. The Balaban J connectivity index is 2.28. The first-order valence-electron chi connectivity index (χ1n) is 6.63. The number of carbonyl (C=O) groups excluding carboxylic acids is 4. The number of anilines is 1. The van der Waals surface area contributed by atoms with E-state index in [0.29, 0.717) is 5.69 Å². The molecule has 8 heteroatoms. The molecule has 0 aromatic heterocycles. The molecular weight excluding hydrogens is 288 g/mol. The Morgan fingerprint density at radius 2 is 1.77 bits per heavy atom. The van der Waals surface area contributed by atoms with Crippen LogP contribution in [0.2, 0.25) is 0 Å². The van der Waals surface area contributed by atoms with Gasteiger partial charge < -0.3 is 10.6 Å². The van der Waals surface area contributed by atoms with Gasteiger partial charge in [-0.1, -0.05) is 18.2 Å². The summed E-state index contributed by atoms with van der Waals surface area (Å²) >= 11 is 0. The van der Waals surface area contributed by atoms with Gasteiger partial charge in [-0.2, -0.15) is 0 Å². The number of urea groups is 1. The lowest BCUT2D eigenvalue weighted by molar-refractivity contribution is -0.152. The summed E-state index contributed by atoms with van der Waals surface area (Å²) in [7, 11) is 1.49. The van der Waals surface area contributed by atoms with Crippen LogP contribution in [-0.2, 0) is 14.4 Å². The predicted octanol–water partition coefficient (Wildman–Crippen LogP) is -0.601. The van der Waals surface area contributed by atoms with Crippen LogP contribution in [0.1, 0.15) is 0 Å². The average molecular weight is 304 g/mol. The zero-order chi connectivity index (χ0) is 16.3. The van der Waals surface area contributed by atoms with E-state index in [9.17, 15) is 19.2 Å². The number of hydrogen-bond donors (Lipinski definition) is 1. The third kappa shape index (κ3) is 3.05. The van der Waals surface area contributed by atoms with E-state index < -0.39 is 23.8 Å². The van der Waals surface area contributed by atoms with Gasteiger partial charge in [0.15, 0.2) is 0 Å². The van der Waals surface area contributed by atoms with Gasteiger partial charge in [-0.15, -0.1) is 0 Å². The molecule has 1 saturated heterocycles. The minimum atomic E-state index is -0.913. The number of benzene rings is 1. The SMILES string of the molecule is CN1CCN(C(=O)N(CC(N)=O)c2ccccc2)C(=O)C1=O. The van der Waals surface area contributed by atoms with Crippen LogP contribution >= 0.6 is 0 Å². The van der Waals surface area contributed by atoms with Gasteiger partial charge >= 0.3 is 17.8 Å². The number of piperazine rings is 1. The van der Waals surface area contributed by atoms with E-state index in [2.05, 4.69) is 0 Å². The van der Waals surface area contributed by atoms with Crippen LogP contribution < -0.4 is 10.6 Å². The molecule has 1 aromatic rings. The number of para-hydroxylation sites is 1. The van der Waals surface area contributed by atoms with Gasteiger partial charge in [0, 0.05) is 25.8 Å². The van der Waals surface area contributed by atoms with Gasteiger partial charge in [0.25, 0.3) is 0 Å². The molecule has 2 N–H and O–H groups in total. The van der Waals surface area contributed by atoms with Gasteiger partial charge in [-0.3, -0.25) is 24.2 Å². The fraction of sp³-hybridized carbons (Fsp3) is 0.286. The summed E-state index contributed by atoms with van der Waals surface area (Å²) in [6.45, 7) is -0.0613. The van der Waals surface area contributed by atoms with Crippen LogP contribution in [0.3, 0.4) is 0 Å². The molecule has 1 fully saturated rings. The molecule has 2 rings (SSSR count). The summed E-state index contributed by atoms with van der Waals surface area (Å²) in [5.74, 6) is -2.39.